The van der Waals surface area contributed by atoms with Gasteiger partial charge in [-0.05, 0) is 208 Å². The fourth-order valence-electron chi connectivity index (χ4n) is 15.5. The Bertz CT molecular complexity index is 5800. The van der Waals surface area contributed by atoms with E-state index in [1.54, 1.807) is 123 Å². The van der Waals surface area contributed by atoms with Crippen LogP contribution >= 0.6 is 77.4 Å². The maximum atomic E-state index is 16.9. The van der Waals surface area contributed by atoms with E-state index in [-0.39, 0.29) is 50.5 Å². The number of hydrogen-bond acceptors (Lipinski definition) is 19. The largest absolute Gasteiger partial charge is 0.481 e. The number of ether oxygens (including phenoxy) is 3. The molecule has 0 unspecified atom stereocenters. The zero-order valence-corrected chi connectivity index (χ0v) is 79.9. The summed E-state index contributed by atoms with van der Waals surface area (Å²) in [6.45, 7) is 12.3. The van der Waals surface area contributed by atoms with Crippen LogP contribution in [0.5, 0.6) is 0 Å². The molecule has 0 saturated carbocycles. The smallest absolute Gasteiger partial charge is 0.384 e. The molecule has 12 rings (SSSR count). The quantitative estimate of drug-likeness (QED) is 0.0149. The maximum absolute atomic E-state index is 16.9. The SMILES string of the molecule is CC(C)(O)c1cn(-c2ccc(C3=CC(S(C)(=O)=O)=C(COCOP(=O)(OCOCC4=C(S(C)(=O)=O)C=C(c5ccc(-n6cc(C(C)(C)O)nc6C(C)(C)c6c(Cl)cccc6Cl)cc5)CC4(F)F)OCOCC4=C(S(C)(=O)=O)C=C(c5ccc(-n6cc(C(C)(C)O)nc6C(C)(C)c6c(Cl)cccc6Cl)cc5)CC4(F)F)C(F)(F)C3)cc2)c(C(C)(C)c2c(Cl)cccc2Cl)n1. The molecule has 0 spiro atoms. The van der Waals surface area contributed by atoms with Crippen molar-refractivity contribution in [2.45, 2.75) is 153 Å². The lowest BCUT2D eigenvalue weighted by atomic mass is 9.83. The van der Waals surface area contributed by atoms with Gasteiger partial charge in [0.2, 0.25) is 0 Å². The highest BCUT2D eigenvalue weighted by atomic mass is 35.5. The lowest BCUT2D eigenvalue weighted by molar-refractivity contribution is -0.0728. The van der Waals surface area contributed by atoms with Crippen molar-refractivity contribution in [2.24, 2.45) is 0 Å². The molecule has 3 N–H and O–H groups in total. The molecule has 9 aromatic rings. The minimum Gasteiger partial charge on any atom is -0.384 e. The van der Waals surface area contributed by atoms with E-state index in [9.17, 15) is 45.1 Å². The van der Waals surface area contributed by atoms with Gasteiger partial charge < -0.3 is 43.2 Å². The normalized spacial score (nSPS) is 16.5. The second-order valence-corrected chi connectivity index (χ2v) is 44.7. The average Bonchev–Trinajstić information content (AvgIpc) is 1.46. The number of phosphoric acid groups is 1. The summed E-state index contributed by atoms with van der Waals surface area (Å²) in [5.74, 6) is -10.9. The predicted octanol–water partition coefficient (Wildman–Crippen LogP) is 21.5. The van der Waals surface area contributed by atoms with Crippen molar-refractivity contribution in [3.8, 4) is 17.1 Å². The Hall–Kier alpha value is -7.57. The van der Waals surface area contributed by atoms with Crippen LogP contribution in [0.25, 0.3) is 33.8 Å². The average molecular weight is 1970 g/mol. The van der Waals surface area contributed by atoms with Crippen LogP contribution < -0.4 is 0 Å². The first-order valence-corrected chi connectivity index (χ1v) is 48.9. The van der Waals surface area contributed by atoms with Gasteiger partial charge in [0.15, 0.2) is 49.9 Å². The number of halogens is 12. The molecule has 0 atom stereocenters. The summed E-state index contributed by atoms with van der Waals surface area (Å²) in [6.07, 6.45) is 6.59. The number of nitrogens with zero attached hydrogens (tertiary/aromatic N) is 6. The van der Waals surface area contributed by atoms with E-state index in [0.29, 0.717) is 100 Å². The van der Waals surface area contributed by atoms with Crippen LogP contribution in [0, 0.1) is 0 Å². The number of alkyl halides is 6. The van der Waals surface area contributed by atoms with E-state index in [1.807, 2.05) is 41.5 Å². The lowest BCUT2D eigenvalue weighted by Crippen LogP contribution is -2.30. The van der Waals surface area contributed by atoms with E-state index in [4.69, 9.17) is 112 Å². The number of allylic oxidation sites excluding steroid dienone is 6. The highest BCUT2D eigenvalue weighted by molar-refractivity contribution is 7.95. The Morgan fingerprint density at radius 3 is 0.781 bits per heavy atom. The van der Waals surface area contributed by atoms with Gasteiger partial charge in [0.1, 0.15) is 34.3 Å². The number of imidazole rings is 3. The number of rotatable bonds is 33. The third-order valence-electron chi connectivity index (χ3n) is 22.2. The van der Waals surface area contributed by atoms with Crippen LogP contribution in [0.1, 0.15) is 170 Å². The summed E-state index contributed by atoms with van der Waals surface area (Å²) in [7, 11) is -19.2. The van der Waals surface area contributed by atoms with Gasteiger partial charge in [-0.1, -0.05) is 124 Å². The molecule has 3 aromatic heterocycles. The van der Waals surface area contributed by atoms with Crippen molar-refractivity contribution in [2.75, 3.05) is 59.0 Å². The molecule has 0 fully saturated rings. The van der Waals surface area contributed by atoms with E-state index >= 15 is 26.3 Å². The lowest BCUT2D eigenvalue weighted by Gasteiger charge is -2.29. The van der Waals surface area contributed by atoms with Gasteiger partial charge in [0.05, 0.1) is 67.9 Å². The van der Waals surface area contributed by atoms with Crippen LogP contribution in [0.4, 0.5) is 26.3 Å². The van der Waals surface area contributed by atoms with Crippen LogP contribution in [-0.2, 0) is 94.9 Å². The molecule has 38 heteroatoms. The van der Waals surface area contributed by atoms with Crippen LogP contribution in [-0.4, -0.2) is 146 Å². The van der Waals surface area contributed by atoms with Crippen LogP contribution in [0.15, 0.2) is 196 Å². The second-order valence-electron chi connectivity index (χ2n) is 34.7. The predicted molar refractivity (Wildman–Crippen MR) is 484 cm³/mol. The molecule has 6 aromatic carbocycles. The number of benzene rings is 6. The fraction of sp³-hybridized carbons (Fsp3) is 0.367. The van der Waals surface area contributed by atoms with Crippen molar-refractivity contribution >= 4 is 124 Å². The summed E-state index contributed by atoms with van der Waals surface area (Å²) in [4.78, 5) is 11.8. The first-order valence-electron chi connectivity index (χ1n) is 39.5. The molecule has 3 heterocycles. The van der Waals surface area contributed by atoms with E-state index < -0.39 is 179 Å². The van der Waals surface area contributed by atoms with Gasteiger partial charge in [-0.25, -0.2) is 71.1 Å². The molecule has 686 valence electrons. The van der Waals surface area contributed by atoms with Crippen molar-refractivity contribution in [3.63, 3.8) is 0 Å². The zero-order chi connectivity index (χ0) is 94.4. The molecule has 0 saturated heterocycles. The van der Waals surface area contributed by atoms with Gasteiger partial charge in [0, 0.05) is 137 Å². The standard InChI is InChI=1S/C90H93Cl6F6N6O16PS3/c1-82(2,76-64(91)19-16-20-65(76)92)79-103-73(85(7,8)109)43-106(79)58-31-25-52(26-32-58)55-37-70(126(13,113)114)61(88(97,98)40-55)46-119-49-122-125(112,123-50-120-47-62-71(127(14,115)116)38-56(41-89(62,99)100)53-27-33-59(34-28-53)107-44-74(86(9,10)110)104-80(107)83(3,4)77-66(93)21-17-22-67(77)94)124-51-121-48-63-72(128(15,117)118)39-57(42-90(63,101)102)54-29-35-60(36-30-54)108-45-75(87(11,12)111)105-81(108)84(5,6)78-68(95)23-18-24-69(78)96/h16-39,43-45,109-111H,40-42,46-51H2,1-15H3. The van der Waals surface area contributed by atoms with Crippen molar-refractivity contribution in [3.05, 3.63) is 294 Å². The molecule has 22 nitrogen and oxygen atoms in total. The molecule has 0 amide bonds. The summed E-state index contributed by atoms with van der Waals surface area (Å²) >= 11 is 40.3. The van der Waals surface area contributed by atoms with E-state index in [0.717, 1.165) is 18.2 Å². The maximum Gasteiger partial charge on any atom is 0.481 e. The van der Waals surface area contributed by atoms with E-state index in [1.165, 1.54) is 77.9 Å². The molecule has 3 aliphatic rings. The molecule has 0 aliphatic heterocycles. The highest BCUT2D eigenvalue weighted by Gasteiger charge is 2.48. The third-order valence-corrected chi connectivity index (χ3v) is 28.8. The number of sulfone groups is 3. The minimum atomic E-state index is -5.48. The third kappa shape index (κ3) is 21.2. The molecule has 0 radical (unpaired) electrons. The number of aliphatic hydroxyl groups is 3. The number of hydrogen-bond donors (Lipinski definition) is 3. The molecule has 0 bridgehead atoms. The molecule has 128 heavy (non-hydrogen) atoms. The Morgan fingerprint density at radius 2 is 0.586 bits per heavy atom. The number of aromatic nitrogens is 6. The number of phosphoric ester groups is 1. The first kappa shape index (κ1) is 99.4. The van der Waals surface area contributed by atoms with Crippen molar-refractivity contribution in [1.82, 2.24) is 28.7 Å². The Morgan fingerprint density at radius 1 is 0.375 bits per heavy atom. The Labute approximate surface area is 768 Å². The van der Waals surface area contributed by atoms with Crippen LogP contribution in [0.2, 0.25) is 30.1 Å². The first-order chi connectivity index (χ1) is 59.1. The van der Waals surface area contributed by atoms with Gasteiger partial charge >= 0.3 is 7.82 Å². The second kappa shape index (κ2) is 36.4. The van der Waals surface area contributed by atoms with Gasteiger partial charge in [-0.3, -0.25) is 13.6 Å². The zero-order valence-electron chi connectivity index (χ0n) is 72.0. The van der Waals surface area contributed by atoms with Gasteiger partial charge in [-0.15, -0.1) is 0 Å². The van der Waals surface area contributed by atoms with E-state index in [2.05, 4.69) is 0 Å². The van der Waals surface area contributed by atoms with Crippen molar-refractivity contribution < 1.29 is 99.3 Å². The highest BCUT2D eigenvalue weighted by Crippen LogP contribution is 2.53. The summed E-state index contributed by atoms with van der Waals surface area (Å²) in [6, 6.07) is 33.3. The minimum absolute atomic E-state index is 0.142. The molecular formula is C90H93Cl6F6N6O16PS3. The summed E-state index contributed by atoms with van der Waals surface area (Å²) in [5.41, 5.74) is -6.94. The van der Waals surface area contributed by atoms with Crippen LogP contribution in [0.3, 0.4) is 0 Å². The summed E-state index contributed by atoms with van der Waals surface area (Å²) < 4.78 is 235. The van der Waals surface area contributed by atoms with Crippen molar-refractivity contribution in [1.29, 1.82) is 0 Å². The molecule has 3 aliphatic carbocycles. The van der Waals surface area contributed by atoms with Gasteiger partial charge in [-0.2, -0.15) is 0 Å². The topological polar surface area (TPSA) is 289 Å². The Balaban J connectivity index is 0.812. The van der Waals surface area contributed by atoms with Gasteiger partial charge in [0.25, 0.3) is 17.8 Å². The monoisotopic (exact) mass is 1960 g/mol. The fourth-order valence-corrected chi connectivity index (χ4v) is 21.9. The molecular weight excluding hydrogens is 1870 g/mol. The summed E-state index contributed by atoms with van der Waals surface area (Å²) in [5, 5.41) is 35.4. The Kier molecular flexibility index (Phi) is 28.3.